The van der Waals surface area contributed by atoms with Crippen molar-refractivity contribution < 1.29 is 18.0 Å². The molecule has 1 aromatic rings. The van der Waals surface area contributed by atoms with Crippen molar-refractivity contribution in [2.75, 3.05) is 18.6 Å². The van der Waals surface area contributed by atoms with Crippen molar-refractivity contribution in [3.05, 3.63) is 29.8 Å². The molecule has 4 amide bonds. The summed E-state index contributed by atoms with van der Waals surface area (Å²) in [4.78, 5) is 22.9. The molecule has 0 aliphatic rings. The van der Waals surface area contributed by atoms with Gasteiger partial charge in [0.1, 0.15) is 0 Å². The number of benzene rings is 1. The molecule has 1 aromatic carbocycles. The first kappa shape index (κ1) is 15.0. The summed E-state index contributed by atoms with van der Waals surface area (Å²) in [7, 11) is -2.63. The standard InChI is InChI=1S/C11H15N3O4S/c1-8-5-4-6-9(7-8)12-10(15)13-11(16)14(2)19(3,17)18/h4-7H,1-3H3,(H2,12,13,15,16). The molecule has 0 aliphatic carbocycles. The van der Waals surface area contributed by atoms with Crippen LogP contribution in [0, 0.1) is 6.92 Å². The van der Waals surface area contributed by atoms with Gasteiger partial charge in [0, 0.05) is 12.7 Å². The van der Waals surface area contributed by atoms with Crippen LogP contribution < -0.4 is 10.6 Å². The number of carbonyl (C=O) groups is 2. The number of nitrogens with one attached hydrogen (secondary N) is 2. The van der Waals surface area contributed by atoms with Gasteiger partial charge in [-0.1, -0.05) is 12.1 Å². The maximum Gasteiger partial charge on any atom is 0.338 e. The second-order valence-electron chi connectivity index (χ2n) is 3.98. The fourth-order valence-electron chi connectivity index (χ4n) is 1.21. The topological polar surface area (TPSA) is 95.6 Å². The highest BCUT2D eigenvalue weighted by Gasteiger charge is 2.20. The lowest BCUT2D eigenvalue weighted by atomic mass is 10.2. The van der Waals surface area contributed by atoms with Crippen LogP contribution in [0.1, 0.15) is 5.56 Å². The van der Waals surface area contributed by atoms with Gasteiger partial charge in [-0.2, -0.15) is 0 Å². The smallest absolute Gasteiger partial charge is 0.308 e. The van der Waals surface area contributed by atoms with Crippen molar-refractivity contribution in [1.29, 1.82) is 0 Å². The molecule has 0 atom stereocenters. The second-order valence-corrected chi connectivity index (χ2v) is 6.00. The van der Waals surface area contributed by atoms with Crippen molar-refractivity contribution >= 4 is 27.8 Å². The Kier molecular flexibility index (Phi) is 4.49. The summed E-state index contributed by atoms with van der Waals surface area (Å²) in [5, 5.41) is 4.34. The van der Waals surface area contributed by atoms with E-state index in [1.807, 2.05) is 18.3 Å². The molecule has 0 saturated carbocycles. The third-order valence-corrected chi connectivity index (χ3v) is 3.44. The molecule has 0 radical (unpaired) electrons. The summed E-state index contributed by atoms with van der Waals surface area (Å²) < 4.78 is 22.6. The average molecular weight is 285 g/mol. The van der Waals surface area contributed by atoms with Gasteiger partial charge >= 0.3 is 12.1 Å². The van der Waals surface area contributed by atoms with E-state index < -0.39 is 22.1 Å². The molecule has 0 aromatic heterocycles. The van der Waals surface area contributed by atoms with E-state index in [1.54, 1.807) is 18.2 Å². The summed E-state index contributed by atoms with van der Waals surface area (Å²) in [6.45, 7) is 1.85. The number of amides is 4. The quantitative estimate of drug-likeness (QED) is 0.851. The van der Waals surface area contributed by atoms with Gasteiger partial charge < -0.3 is 5.32 Å². The molecule has 0 saturated heterocycles. The number of hydrogen-bond donors (Lipinski definition) is 2. The Balaban J connectivity index is 2.64. The third-order valence-electron chi connectivity index (χ3n) is 2.28. The molecule has 7 nitrogen and oxygen atoms in total. The van der Waals surface area contributed by atoms with Crippen molar-refractivity contribution in [3.63, 3.8) is 0 Å². The largest absolute Gasteiger partial charge is 0.338 e. The summed E-state index contributed by atoms with van der Waals surface area (Å²) >= 11 is 0. The molecule has 0 bridgehead atoms. The molecule has 1 rings (SSSR count). The highest BCUT2D eigenvalue weighted by molar-refractivity contribution is 7.88. The zero-order chi connectivity index (χ0) is 14.6. The fourth-order valence-corrected chi connectivity index (χ4v) is 1.56. The summed E-state index contributed by atoms with van der Waals surface area (Å²) in [6.07, 6.45) is 0.866. The van der Waals surface area contributed by atoms with Crippen molar-refractivity contribution in [2.45, 2.75) is 6.92 Å². The average Bonchev–Trinajstić information content (AvgIpc) is 2.26. The molecule has 104 valence electrons. The predicted octanol–water partition coefficient (Wildman–Crippen LogP) is 1.13. The number of sulfonamides is 1. The zero-order valence-corrected chi connectivity index (χ0v) is 11.6. The number of rotatable bonds is 2. The lowest BCUT2D eigenvalue weighted by molar-refractivity contribution is 0.223. The molecule has 0 unspecified atom stereocenters. The third kappa shape index (κ3) is 4.59. The van der Waals surface area contributed by atoms with Gasteiger partial charge in [-0.25, -0.2) is 22.3 Å². The summed E-state index contributed by atoms with van der Waals surface area (Å²) in [5.74, 6) is 0. The minimum absolute atomic E-state index is 0.447. The van der Waals surface area contributed by atoms with Gasteiger partial charge in [0.05, 0.1) is 6.26 Å². The molecule has 0 aliphatic heterocycles. The van der Waals surface area contributed by atoms with Crippen LogP contribution in [0.15, 0.2) is 24.3 Å². The highest BCUT2D eigenvalue weighted by Crippen LogP contribution is 2.09. The van der Waals surface area contributed by atoms with Crippen molar-refractivity contribution in [3.8, 4) is 0 Å². The number of imide groups is 1. The molecule has 2 N–H and O–H groups in total. The van der Waals surface area contributed by atoms with E-state index in [1.165, 1.54) is 0 Å². The van der Waals surface area contributed by atoms with E-state index in [2.05, 4.69) is 5.32 Å². The lowest BCUT2D eigenvalue weighted by Crippen LogP contribution is -2.44. The first-order valence-electron chi connectivity index (χ1n) is 5.32. The molecule has 0 heterocycles. The molecular weight excluding hydrogens is 270 g/mol. The Hall–Kier alpha value is -2.09. The number of aryl methyl sites for hydroxylation is 1. The van der Waals surface area contributed by atoms with Gasteiger partial charge in [0.2, 0.25) is 10.0 Å². The maximum atomic E-state index is 11.5. The van der Waals surface area contributed by atoms with E-state index in [0.717, 1.165) is 18.9 Å². The van der Waals surface area contributed by atoms with E-state index in [0.29, 0.717) is 9.99 Å². The van der Waals surface area contributed by atoms with Crippen molar-refractivity contribution in [2.24, 2.45) is 0 Å². The Morgan fingerprint density at radius 2 is 1.89 bits per heavy atom. The van der Waals surface area contributed by atoms with Crippen molar-refractivity contribution in [1.82, 2.24) is 9.62 Å². The van der Waals surface area contributed by atoms with Crippen LogP contribution in [0.2, 0.25) is 0 Å². The van der Waals surface area contributed by atoms with E-state index >= 15 is 0 Å². The number of hydrogen-bond acceptors (Lipinski definition) is 4. The molecule has 0 spiro atoms. The van der Waals surface area contributed by atoms with Crippen LogP contribution in [-0.4, -0.2) is 38.1 Å². The zero-order valence-electron chi connectivity index (χ0n) is 10.8. The highest BCUT2D eigenvalue weighted by atomic mass is 32.2. The Labute approximate surface area is 111 Å². The van der Waals surface area contributed by atoms with Crippen LogP contribution in [0.25, 0.3) is 0 Å². The van der Waals surface area contributed by atoms with Gasteiger partial charge in [-0.3, -0.25) is 5.32 Å². The first-order valence-corrected chi connectivity index (χ1v) is 7.17. The SMILES string of the molecule is Cc1cccc(NC(=O)NC(=O)N(C)S(C)(=O)=O)c1. The molecular formula is C11H15N3O4S. The fraction of sp³-hybridized carbons (Fsp3) is 0.273. The summed E-state index contributed by atoms with van der Waals surface area (Å²) in [5.41, 5.74) is 1.45. The molecule has 8 heteroatoms. The van der Waals surface area contributed by atoms with Crippen LogP contribution in [0.5, 0.6) is 0 Å². The van der Waals surface area contributed by atoms with Crippen LogP contribution in [0.4, 0.5) is 15.3 Å². The normalized spacial score (nSPS) is 10.7. The number of carbonyl (C=O) groups excluding carboxylic acids is 2. The Bertz CT molecular complexity index is 598. The lowest BCUT2D eigenvalue weighted by Gasteiger charge is -2.15. The number of nitrogens with zero attached hydrogens (tertiary/aromatic N) is 1. The van der Waals surface area contributed by atoms with Crippen LogP contribution >= 0.6 is 0 Å². The van der Waals surface area contributed by atoms with Crippen LogP contribution in [-0.2, 0) is 10.0 Å². The Morgan fingerprint density at radius 1 is 1.26 bits per heavy atom. The minimum atomic E-state index is -3.69. The van der Waals surface area contributed by atoms with E-state index in [-0.39, 0.29) is 0 Å². The minimum Gasteiger partial charge on any atom is -0.308 e. The van der Waals surface area contributed by atoms with Gasteiger partial charge in [-0.15, -0.1) is 0 Å². The van der Waals surface area contributed by atoms with Gasteiger partial charge in [0.15, 0.2) is 0 Å². The monoisotopic (exact) mass is 285 g/mol. The van der Waals surface area contributed by atoms with Crippen LogP contribution in [0.3, 0.4) is 0 Å². The van der Waals surface area contributed by atoms with Gasteiger partial charge in [-0.05, 0) is 24.6 Å². The predicted molar refractivity (Wildman–Crippen MR) is 71.3 cm³/mol. The second kappa shape index (κ2) is 5.70. The Morgan fingerprint density at radius 3 is 2.42 bits per heavy atom. The maximum absolute atomic E-state index is 11.5. The summed E-state index contributed by atoms with van der Waals surface area (Å²) in [6, 6.07) is 5.14. The van der Waals surface area contributed by atoms with E-state index in [4.69, 9.17) is 0 Å². The first-order chi connectivity index (χ1) is 8.70. The molecule has 19 heavy (non-hydrogen) atoms. The van der Waals surface area contributed by atoms with E-state index in [9.17, 15) is 18.0 Å². The number of anilines is 1. The number of urea groups is 2. The van der Waals surface area contributed by atoms with Gasteiger partial charge in [0.25, 0.3) is 0 Å². The molecule has 0 fully saturated rings.